The van der Waals surface area contributed by atoms with E-state index in [1.807, 2.05) is 38.1 Å². The van der Waals surface area contributed by atoms with Crippen LogP contribution in [0.3, 0.4) is 0 Å². The van der Waals surface area contributed by atoms with Gasteiger partial charge in [-0.05, 0) is 62.2 Å². The lowest BCUT2D eigenvalue weighted by Gasteiger charge is -2.35. The van der Waals surface area contributed by atoms with Crippen LogP contribution < -0.4 is 14.4 Å². The van der Waals surface area contributed by atoms with Crippen LogP contribution in [-0.2, 0) is 9.53 Å². The van der Waals surface area contributed by atoms with Crippen molar-refractivity contribution in [1.82, 2.24) is 4.31 Å². The number of methoxy groups -OCH3 is 1. The molecule has 0 bridgehead atoms. The monoisotopic (exact) mass is 444 g/mol. The van der Waals surface area contributed by atoms with Gasteiger partial charge in [-0.2, -0.15) is 0 Å². The summed E-state index contributed by atoms with van der Waals surface area (Å²) in [6.45, 7) is 7.28. The number of esters is 1. The molecule has 2 aromatic carbocycles. The highest BCUT2D eigenvalue weighted by atomic mass is 32.2. The maximum absolute atomic E-state index is 11.4. The molecule has 166 valence electrons. The molecule has 0 N–H and O–H groups in total. The molecule has 0 radical (unpaired) electrons. The molecule has 1 fully saturated rings. The summed E-state index contributed by atoms with van der Waals surface area (Å²) in [6, 6.07) is 13.6. The molecule has 0 atom stereocenters. The van der Waals surface area contributed by atoms with Crippen LogP contribution in [0.2, 0.25) is 0 Å². The Bertz CT molecular complexity index is 880. The molecule has 0 amide bonds. The summed E-state index contributed by atoms with van der Waals surface area (Å²) < 4.78 is 18.1. The van der Waals surface area contributed by atoms with Gasteiger partial charge >= 0.3 is 5.97 Å². The summed E-state index contributed by atoms with van der Waals surface area (Å²) in [5, 5.41) is 0. The molecular formula is C23H28N2O5S. The van der Waals surface area contributed by atoms with E-state index in [0.29, 0.717) is 11.3 Å². The standard InChI is InChI=1S/C23H28N2O5S/c1-17(2)30-20-6-8-21(9-7-20)31-25-12-10-24(11-13-25)19-5-4-18(15-26)22(14-19)29-16-23(27)28-3/h4-9,14-15,17H,10-13,16H2,1-3H3. The number of rotatable bonds is 9. The first kappa shape index (κ1) is 23.0. The Hall–Kier alpha value is -2.71. The van der Waals surface area contributed by atoms with Crippen LogP contribution >= 0.6 is 11.9 Å². The van der Waals surface area contributed by atoms with Crippen molar-refractivity contribution in [3.8, 4) is 11.5 Å². The quantitative estimate of drug-likeness (QED) is 0.330. The minimum Gasteiger partial charge on any atom is -0.491 e. The molecule has 31 heavy (non-hydrogen) atoms. The first-order valence-corrected chi connectivity index (χ1v) is 11.0. The van der Waals surface area contributed by atoms with Gasteiger partial charge in [0.25, 0.3) is 0 Å². The smallest absolute Gasteiger partial charge is 0.343 e. The highest BCUT2D eigenvalue weighted by Crippen LogP contribution is 2.29. The predicted octanol–water partition coefficient (Wildman–Crippen LogP) is 3.67. The molecule has 3 rings (SSSR count). The zero-order valence-electron chi connectivity index (χ0n) is 18.1. The van der Waals surface area contributed by atoms with E-state index in [-0.39, 0.29) is 12.7 Å². The average molecular weight is 445 g/mol. The first-order chi connectivity index (χ1) is 15.0. The predicted molar refractivity (Wildman–Crippen MR) is 121 cm³/mol. The summed E-state index contributed by atoms with van der Waals surface area (Å²) in [6.07, 6.45) is 0.890. The summed E-state index contributed by atoms with van der Waals surface area (Å²) in [7, 11) is 1.30. The van der Waals surface area contributed by atoms with Gasteiger partial charge in [-0.1, -0.05) is 0 Å². The second kappa shape index (κ2) is 11.1. The fourth-order valence-electron chi connectivity index (χ4n) is 3.18. The Balaban J connectivity index is 1.56. The third-order valence-corrected chi connectivity index (χ3v) is 5.84. The zero-order valence-corrected chi connectivity index (χ0v) is 18.9. The van der Waals surface area contributed by atoms with Gasteiger partial charge in [0.05, 0.1) is 18.8 Å². The minimum atomic E-state index is -0.489. The highest BCUT2D eigenvalue weighted by Gasteiger charge is 2.19. The maximum Gasteiger partial charge on any atom is 0.343 e. The molecule has 2 aromatic rings. The van der Waals surface area contributed by atoms with Gasteiger partial charge < -0.3 is 19.1 Å². The van der Waals surface area contributed by atoms with Crippen molar-refractivity contribution in [3.63, 3.8) is 0 Å². The van der Waals surface area contributed by atoms with Gasteiger partial charge in [-0.15, -0.1) is 0 Å². The van der Waals surface area contributed by atoms with Gasteiger partial charge in [0.2, 0.25) is 0 Å². The molecule has 0 aliphatic carbocycles. The Morgan fingerprint density at radius 2 is 1.81 bits per heavy atom. The van der Waals surface area contributed by atoms with Crippen molar-refractivity contribution >= 4 is 29.9 Å². The van der Waals surface area contributed by atoms with Gasteiger partial charge in [-0.3, -0.25) is 4.79 Å². The average Bonchev–Trinajstić information content (AvgIpc) is 2.78. The van der Waals surface area contributed by atoms with E-state index in [0.717, 1.165) is 43.9 Å². The lowest BCUT2D eigenvalue weighted by atomic mass is 10.1. The van der Waals surface area contributed by atoms with Crippen LogP contribution in [-0.4, -0.2) is 62.6 Å². The summed E-state index contributed by atoms with van der Waals surface area (Å²) >= 11 is 1.74. The lowest BCUT2D eigenvalue weighted by Crippen LogP contribution is -2.43. The molecule has 0 saturated carbocycles. The van der Waals surface area contributed by atoms with Gasteiger partial charge in [0.15, 0.2) is 12.9 Å². The second-order valence-corrected chi connectivity index (χ2v) is 8.52. The van der Waals surface area contributed by atoms with Crippen LogP contribution in [0.5, 0.6) is 11.5 Å². The van der Waals surface area contributed by atoms with E-state index in [1.54, 1.807) is 18.0 Å². The number of anilines is 1. The van der Waals surface area contributed by atoms with Crippen LogP contribution in [0.25, 0.3) is 0 Å². The highest BCUT2D eigenvalue weighted by molar-refractivity contribution is 7.97. The van der Waals surface area contributed by atoms with Crippen molar-refractivity contribution in [2.75, 3.05) is 44.8 Å². The molecule has 0 unspecified atom stereocenters. The van der Waals surface area contributed by atoms with Gasteiger partial charge in [0, 0.05) is 42.8 Å². The molecule has 1 aliphatic rings. The van der Waals surface area contributed by atoms with Crippen molar-refractivity contribution in [3.05, 3.63) is 48.0 Å². The minimum absolute atomic E-state index is 0.165. The van der Waals surface area contributed by atoms with Crippen LogP contribution in [0.4, 0.5) is 5.69 Å². The number of piperazine rings is 1. The molecule has 1 aliphatic heterocycles. The Morgan fingerprint density at radius 3 is 2.42 bits per heavy atom. The Morgan fingerprint density at radius 1 is 1.10 bits per heavy atom. The molecule has 1 heterocycles. The van der Waals surface area contributed by atoms with Crippen molar-refractivity contribution < 1.29 is 23.8 Å². The Labute approximate surface area is 187 Å². The van der Waals surface area contributed by atoms with Crippen LogP contribution in [0.1, 0.15) is 24.2 Å². The third kappa shape index (κ3) is 6.63. The van der Waals surface area contributed by atoms with Crippen molar-refractivity contribution in [2.45, 2.75) is 24.8 Å². The third-order valence-electron chi connectivity index (χ3n) is 4.73. The number of benzene rings is 2. The maximum atomic E-state index is 11.4. The van der Waals surface area contributed by atoms with E-state index in [1.165, 1.54) is 12.0 Å². The molecule has 7 nitrogen and oxygen atoms in total. The molecule has 0 aromatic heterocycles. The van der Waals surface area contributed by atoms with E-state index in [2.05, 4.69) is 26.1 Å². The number of hydrogen-bond acceptors (Lipinski definition) is 8. The number of hydrogen-bond donors (Lipinski definition) is 0. The number of carbonyl (C=O) groups is 2. The first-order valence-electron chi connectivity index (χ1n) is 10.2. The molecule has 8 heteroatoms. The number of ether oxygens (including phenoxy) is 3. The van der Waals surface area contributed by atoms with E-state index in [4.69, 9.17) is 9.47 Å². The number of carbonyl (C=O) groups excluding carboxylic acids is 2. The number of aldehydes is 1. The van der Waals surface area contributed by atoms with E-state index in [9.17, 15) is 9.59 Å². The van der Waals surface area contributed by atoms with Crippen molar-refractivity contribution in [2.24, 2.45) is 0 Å². The van der Waals surface area contributed by atoms with Gasteiger partial charge in [0.1, 0.15) is 11.5 Å². The molecule has 0 spiro atoms. The molecule has 1 saturated heterocycles. The fraction of sp³-hybridized carbons (Fsp3) is 0.391. The van der Waals surface area contributed by atoms with Gasteiger partial charge in [-0.25, -0.2) is 9.10 Å². The second-order valence-electron chi connectivity index (χ2n) is 7.35. The summed E-state index contributed by atoms with van der Waals surface area (Å²) in [5.41, 5.74) is 1.37. The lowest BCUT2D eigenvalue weighted by molar-refractivity contribution is -0.142. The fourth-order valence-corrected chi connectivity index (χ4v) is 4.08. The number of nitrogens with zero attached hydrogens (tertiary/aromatic N) is 2. The zero-order chi connectivity index (χ0) is 22.2. The van der Waals surface area contributed by atoms with E-state index < -0.39 is 5.97 Å². The van der Waals surface area contributed by atoms with E-state index >= 15 is 0 Å². The summed E-state index contributed by atoms with van der Waals surface area (Å²) in [5.74, 6) is 0.781. The topological polar surface area (TPSA) is 68.3 Å². The van der Waals surface area contributed by atoms with Crippen LogP contribution in [0, 0.1) is 0 Å². The summed E-state index contributed by atoms with van der Waals surface area (Å²) in [4.78, 5) is 26.1. The Kier molecular flexibility index (Phi) is 8.20. The largest absolute Gasteiger partial charge is 0.491 e. The molecular weight excluding hydrogens is 416 g/mol. The normalized spacial score (nSPS) is 14.4. The van der Waals surface area contributed by atoms with Crippen LogP contribution in [0.15, 0.2) is 47.4 Å². The SMILES string of the molecule is COC(=O)COc1cc(N2CCN(Sc3ccc(OC(C)C)cc3)CC2)ccc1C=O. The van der Waals surface area contributed by atoms with Crippen molar-refractivity contribution in [1.29, 1.82) is 0 Å².